The van der Waals surface area contributed by atoms with E-state index in [-0.39, 0.29) is 11.3 Å². The summed E-state index contributed by atoms with van der Waals surface area (Å²) in [5, 5.41) is 3.92. The van der Waals surface area contributed by atoms with E-state index in [2.05, 4.69) is 16.0 Å². The lowest BCUT2D eigenvalue weighted by molar-refractivity contribution is -0.128. The monoisotopic (exact) mass is 383 g/mol. The number of aromatic nitrogens is 1. The van der Waals surface area contributed by atoms with Crippen LogP contribution in [0, 0.1) is 12.7 Å². The summed E-state index contributed by atoms with van der Waals surface area (Å²) in [6.07, 6.45) is -1.03. The van der Waals surface area contributed by atoms with Gasteiger partial charge in [-0.2, -0.15) is 0 Å². The number of nitrogens with zero attached hydrogens (tertiary/aromatic N) is 1. The zero-order chi connectivity index (χ0) is 20.1. The fourth-order valence-corrected chi connectivity index (χ4v) is 2.50. The number of hydrogen-bond donors (Lipinski definition) is 2. The number of hydrazine groups is 1. The van der Waals surface area contributed by atoms with Gasteiger partial charge < -0.3 is 9.26 Å². The number of aryl methyl sites for hydroxylation is 1. The number of nitrogens with one attached hydrogen (secondary N) is 2. The summed E-state index contributed by atoms with van der Waals surface area (Å²) in [5.41, 5.74) is 5.83. The number of amides is 2. The van der Waals surface area contributed by atoms with E-state index in [1.54, 1.807) is 25.1 Å². The van der Waals surface area contributed by atoms with Gasteiger partial charge in [0.2, 0.25) is 0 Å². The molecule has 0 aliphatic carbocycles. The Labute approximate surface area is 160 Å². The minimum Gasteiger partial charge on any atom is -0.478 e. The molecular formula is C20H18FN3O4. The molecule has 0 aliphatic heterocycles. The molecule has 0 saturated carbocycles. The van der Waals surface area contributed by atoms with E-state index >= 15 is 0 Å². The highest BCUT2D eigenvalue weighted by Crippen LogP contribution is 2.24. The molecule has 0 aliphatic rings. The lowest BCUT2D eigenvalue weighted by atomic mass is 10.1. The van der Waals surface area contributed by atoms with Crippen LogP contribution in [0.25, 0.3) is 11.3 Å². The maximum absolute atomic E-state index is 13.6. The first-order chi connectivity index (χ1) is 13.5. The van der Waals surface area contributed by atoms with E-state index in [1.165, 1.54) is 25.1 Å². The lowest BCUT2D eigenvalue weighted by Gasteiger charge is -2.15. The maximum atomic E-state index is 13.6. The van der Waals surface area contributed by atoms with Gasteiger partial charge >= 0.3 is 0 Å². The van der Waals surface area contributed by atoms with Gasteiger partial charge in [0.25, 0.3) is 11.8 Å². The molecule has 28 heavy (non-hydrogen) atoms. The lowest BCUT2D eigenvalue weighted by Crippen LogP contribution is -2.47. The van der Waals surface area contributed by atoms with Crippen molar-refractivity contribution in [3.05, 3.63) is 71.7 Å². The van der Waals surface area contributed by atoms with E-state index in [0.717, 1.165) is 0 Å². The van der Waals surface area contributed by atoms with Crippen molar-refractivity contribution in [2.75, 3.05) is 0 Å². The van der Waals surface area contributed by atoms with Gasteiger partial charge in [-0.05, 0) is 26.0 Å². The fraction of sp³-hybridized carbons (Fsp3) is 0.150. The molecule has 0 saturated heterocycles. The number of rotatable bonds is 5. The first kappa shape index (κ1) is 19.1. The van der Waals surface area contributed by atoms with Crippen LogP contribution in [-0.2, 0) is 4.79 Å². The van der Waals surface area contributed by atoms with Crippen LogP contribution in [0.3, 0.4) is 0 Å². The number of carbonyl (C=O) groups is 2. The standard InChI is InChI=1S/C20H18FN3O4/c1-12-17(18(24-28-12)14-8-4-3-5-9-14)20(26)23-22-19(25)13(2)27-16-11-7-6-10-15(16)21/h3-11,13H,1-2H3,(H,22,25)(H,23,26)/t13-/m1/s1. The quantitative estimate of drug-likeness (QED) is 0.661. The third-order valence-electron chi connectivity index (χ3n) is 3.95. The Balaban J connectivity index is 1.65. The van der Waals surface area contributed by atoms with E-state index in [0.29, 0.717) is 17.0 Å². The van der Waals surface area contributed by atoms with Gasteiger partial charge in [-0.15, -0.1) is 0 Å². The second-order valence-electron chi connectivity index (χ2n) is 5.96. The molecule has 0 radical (unpaired) electrons. The molecule has 0 bridgehead atoms. The van der Waals surface area contributed by atoms with Gasteiger partial charge in [0, 0.05) is 5.56 Å². The average Bonchev–Trinajstić information content (AvgIpc) is 3.09. The predicted molar refractivity (Wildman–Crippen MR) is 98.8 cm³/mol. The Morgan fingerprint density at radius 3 is 2.46 bits per heavy atom. The van der Waals surface area contributed by atoms with Crippen LogP contribution in [-0.4, -0.2) is 23.1 Å². The largest absolute Gasteiger partial charge is 0.478 e. The van der Waals surface area contributed by atoms with Crippen molar-refractivity contribution in [2.45, 2.75) is 20.0 Å². The summed E-state index contributed by atoms with van der Waals surface area (Å²) in [7, 11) is 0. The molecule has 2 amide bonds. The summed E-state index contributed by atoms with van der Waals surface area (Å²) in [6, 6.07) is 14.8. The van der Waals surface area contributed by atoms with Crippen LogP contribution in [0.5, 0.6) is 5.75 Å². The Kier molecular flexibility index (Phi) is 5.69. The van der Waals surface area contributed by atoms with Gasteiger partial charge in [0.1, 0.15) is 17.0 Å². The summed E-state index contributed by atoms with van der Waals surface area (Å²) < 4.78 is 24.0. The van der Waals surface area contributed by atoms with Crippen molar-refractivity contribution in [1.29, 1.82) is 0 Å². The Morgan fingerprint density at radius 2 is 1.75 bits per heavy atom. The third-order valence-corrected chi connectivity index (χ3v) is 3.95. The van der Waals surface area contributed by atoms with Crippen LogP contribution in [0.4, 0.5) is 4.39 Å². The molecule has 0 fully saturated rings. The Bertz CT molecular complexity index is 988. The van der Waals surface area contributed by atoms with Crippen LogP contribution in [0.2, 0.25) is 0 Å². The van der Waals surface area contributed by atoms with Crippen molar-refractivity contribution >= 4 is 11.8 Å². The van der Waals surface area contributed by atoms with E-state index in [1.807, 2.05) is 18.2 Å². The zero-order valence-corrected chi connectivity index (χ0v) is 15.2. The predicted octanol–water partition coefficient (Wildman–Crippen LogP) is 3.02. The molecule has 1 aromatic heterocycles. The third kappa shape index (κ3) is 4.17. The highest BCUT2D eigenvalue weighted by molar-refractivity contribution is 6.01. The van der Waals surface area contributed by atoms with Gasteiger partial charge in [-0.3, -0.25) is 20.4 Å². The van der Waals surface area contributed by atoms with Crippen LogP contribution in [0.1, 0.15) is 23.0 Å². The van der Waals surface area contributed by atoms with E-state index in [4.69, 9.17) is 9.26 Å². The Morgan fingerprint density at radius 1 is 1.07 bits per heavy atom. The molecule has 2 aromatic carbocycles. The second-order valence-corrected chi connectivity index (χ2v) is 5.96. The van der Waals surface area contributed by atoms with Gasteiger partial charge in [0.05, 0.1) is 0 Å². The summed E-state index contributed by atoms with van der Waals surface area (Å²) in [6.45, 7) is 3.04. The topological polar surface area (TPSA) is 93.5 Å². The average molecular weight is 383 g/mol. The number of benzene rings is 2. The summed E-state index contributed by atoms with van der Waals surface area (Å²) in [4.78, 5) is 24.7. The van der Waals surface area contributed by atoms with E-state index in [9.17, 15) is 14.0 Å². The SMILES string of the molecule is Cc1onc(-c2ccccc2)c1C(=O)NNC(=O)[C@@H](C)Oc1ccccc1F. The van der Waals surface area contributed by atoms with Crippen molar-refractivity contribution in [2.24, 2.45) is 0 Å². The molecule has 1 heterocycles. The summed E-state index contributed by atoms with van der Waals surface area (Å²) in [5.74, 6) is -1.58. The van der Waals surface area contributed by atoms with Gasteiger partial charge in [-0.25, -0.2) is 4.39 Å². The number of carbonyl (C=O) groups excluding carboxylic acids is 2. The molecule has 3 rings (SSSR count). The Hall–Kier alpha value is -3.68. The van der Waals surface area contributed by atoms with Crippen molar-refractivity contribution in [3.63, 3.8) is 0 Å². The van der Waals surface area contributed by atoms with Crippen molar-refractivity contribution in [1.82, 2.24) is 16.0 Å². The molecule has 8 heteroatoms. The molecular weight excluding hydrogens is 365 g/mol. The number of halogens is 1. The highest BCUT2D eigenvalue weighted by Gasteiger charge is 2.23. The van der Waals surface area contributed by atoms with Crippen LogP contribution >= 0.6 is 0 Å². The van der Waals surface area contributed by atoms with Crippen LogP contribution < -0.4 is 15.6 Å². The zero-order valence-electron chi connectivity index (χ0n) is 15.2. The fourth-order valence-electron chi connectivity index (χ4n) is 2.50. The summed E-state index contributed by atoms with van der Waals surface area (Å²) >= 11 is 0. The smallest absolute Gasteiger partial charge is 0.279 e. The molecule has 144 valence electrons. The minimum absolute atomic E-state index is 0.0577. The second kappa shape index (κ2) is 8.34. The number of hydrogen-bond acceptors (Lipinski definition) is 5. The molecule has 0 unspecified atom stereocenters. The normalized spacial score (nSPS) is 11.5. The first-order valence-corrected chi connectivity index (χ1v) is 8.50. The minimum atomic E-state index is -1.03. The molecule has 0 spiro atoms. The highest BCUT2D eigenvalue weighted by atomic mass is 19.1. The molecule has 3 aromatic rings. The number of para-hydroxylation sites is 1. The molecule has 2 N–H and O–H groups in total. The van der Waals surface area contributed by atoms with Crippen LogP contribution in [0.15, 0.2) is 59.1 Å². The first-order valence-electron chi connectivity index (χ1n) is 8.50. The van der Waals surface area contributed by atoms with Crippen molar-refractivity contribution in [3.8, 4) is 17.0 Å². The number of ether oxygens (including phenoxy) is 1. The van der Waals surface area contributed by atoms with Gasteiger partial charge in [-0.1, -0.05) is 47.6 Å². The molecule has 1 atom stereocenters. The maximum Gasteiger partial charge on any atom is 0.279 e. The molecule has 7 nitrogen and oxygen atoms in total. The van der Waals surface area contributed by atoms with Gasteiger partial charge in [0.15, 0.2) is 17.7 Å². The van der Waals surface area contributed by atoms with E-state index < -0.39 is 23.7 Å². The van der Waals surface area contributed by atoms with Crippen molar-refractivity contribution < 1.29 is 23.2 Å².